The Bertz CT molecular complexity index is 782. The van der Waals surface area contributed by atoms with Crippen LogP contribution in [0.4, 0.5) is 0 Å². The Hall–Kier alpha value is -1.76. The highest BCUT2D eigenvalue weighted by atomic mass is 35.5. The number of benzene rings is 1. The molecule has 0 bridgehead atoms. The standard InChI is InChI=1S/C16H17Cl2N5O2/c1-15(7-21-22-19)9-24-16(25-10-15,8-23-5-4-20-11-23)13-3-2-12(17)6-14(13)18/h2-6,11H,7-10H2,1H3. The lowest BCUT2D eigenvalue weighted by Crippen LogP contribution is -2.50. The maximum absolute atomic E-state index is 8.56. The summed E-state index contributed by atoms with van der Waals surface area (Å²) < 4.78 is 14.2. The largest absolute Gasteiger partial charge is 0.344 e. The van der Waals surface area contributed by atoms with Gasteiger partial charge in [0.1, 0.15) is 0 Å². The molecule has 0 atom stereocenters. The first kappa shape index (κ1) is 18.0. The van der Waals surface area contributed by atoms with Gasteiger partial charge in [-0.1, -0.05) is 41.3 Å². The number of imidazole rings is 1. The van der Waals surface area contributed by atoms with Crippen molar-refractivity contribution in [2.75, 3.05) is 19.8 Å². The van der Waals surface area contributed by atoms with Crippen LogP contribution >= 0.6 is 23.2 Å². The summed E-state index contributed by atoms with van der Waals surface area (Å²) in [6, 6.07) is 5.21. The van der Waals surface area contributed by atoms with Crippen LogP contribution in [0.1, 0.15) is 12.5 Å². The molecular formula is C16H17Cl2N5O2. The quantitative estimate of drug-likeness (QED) is 0.436. The second-order valence-corrected chi connectivity index (χ2v) is 7.23. The molecule has 2 aromatic rings. The molecule has 7 nitrogen and oxygen atoms in total. The van der Waals surface area contributed by atoms with Gasteiger partial charge in [-0.3, -0.25) is 0 Å². The fraction of sp³-hybridized carbons (Fsp3) is 0.438. The molecule has 1 aromatic heterocycles. The van der Waals surface area contributed by atoms with E-state index in [2.05, 4.69) is 15.0 Å². The predicted octanol–water partition coefficient (Wildman–Crippen LogP) is 4.41. The molecule has 2 heterocycles. The Kier molecular flexibility index (Phi) is 5.22. The number of hydrogen-bond donors (Lipinski definition) is 0. The topological polar surface area (TPSA) is 85.0 Å². The maximum Gasteiger partial charge on any atom is 0.215 e. The van der Waals surface area contributed by atoms with Crippen LogP contribution in [-0.4, -0.2) is 29.3 Å². The average molecular weight is 382 g/mol. The van der Waals surface area contributed by atoms with Crippen molar-refractivity contribution in [3.05, 3.63) is 63.0 Å². The number of rotatable bonds is 5. The molecule has 0 radical (unpaired) electrons. The molecule has 132 valence electrons. The molecule has 0 spiro atoms. The summed E-state index contributed by atoms with van der Waals surface area (Å²) in [6.07, 6.45) is 5.20. The predicted molar refractivity (Wildman–Crippen MR) is 94.4 cm³/mol. The van der Waals surface area contributed by atoms with Gasteiger partial charge >= 0.3 is 0 Å². The Balaban J connectivity index is 1.93. The average Bonchev–Trinajstić information content (AvgIpc) is 3.09. The van der Waals surface area contributed by atoms with Crippen molar-refractivity contribution in [1.29, 1.82) is 0 Å². The van der Waals surface area contributed by atoms with Gasteiger partial charge in [0.2, 0.25) is 5.79 Å². The van der Waals surface area contributed by atoms with Crippen molar-refractivity contribution in [3.63, 3.8) is 0 Å². The highest BCUT2D eigenvalue weighted by Gasteiger charge is 2.45. The van der Waals surface area contributed by atoms with E-state index in [9.17, 15) is 0 Å². The molecule has 0 amide bonds. The molecule has 0 saturated carbocycles. The molecule has 0 unspecified atom stereocenters. The van der Waals surface area contributed by atoms with Gasteiger partial charge in [-0.05, 0) is 17.7 Å². The lowest BCUT2D eigenvalue weighted by atomic mass is 9.90. The van der Waals surface area contributed by atoms with Gasteiger partial charge in [-0.15, -0.1) is 0 Å². The summed E-state index contributed by atoms with van der Waals surface area (Å²) in [4.78, 5) is 6.88. The number of hydrogen-bond acceptors (Lipinski definition) is 4. The van der Waals surface area contributed by atoms with Crippen molar-refractivity contribution in [1.82, 2.24) is 9.55 Å². The molecule has 1 aliphatic heterocycles. The molecule has 25 heavy (non-hydrogen) atoms. The van der Waals surface area contributed by atoms with E-state index in [0.29, 0.717) is 41.9 Å². The monoisotopic (exact) mass is 381 g/mol. The number of azide groups is 1. The van der Waals surface area contributed by atoms with Crippen LogP contribution in [0.15, 0.2) is 42.0 Å². The minimum absolute atomic E-state index is 0.291. The second-order valence-electron chi connectivity index (χ2n) is 6.39. The van der Waals surface area contributed by atoms with Crippen LogP contribution in [-0.2, 0) is 21.8 Å². The van der Waals surface area contributed by atoms with Crippen LogP contribution in [0.2, 0.25) is 10.0 Å². The highest BCUT2D eigenvalue weighted by Crippen LogP contribution is 2.41. The van der Waals surface area contributed by atoms with Gasteiger partial charge in [0.05, 0.1) is 31.1 Å². The normalized spacial score (nSPS) is 26.2. The molecule has 0 aliphatic carbocycles. The molecule has 0 N–H and O–H groups in total. The zero-order valence-electron chi connectivity index (χ0n) is 13.6. The van der Waals surface area contributed by atoms with Crippen molar-refractivity contribution >= 4 is 23.2 Å². The van der Waals surface area contributed by atoms with Crippen LogP contribution in [0.5, 0.6) is 0 Å². The van der Waals surface area contributed by atoms with Gasteiger partial charge in [-0.25, -0.2) is 4.98 Å². The van der Waals surface area contributed by atoms with E-state index in [-0.39, 0.29) is 0 Å². The minimum atomic E-state index is -1.07. The highest BCUT2D eigenvalue weighted by molar-refractivity contribution is 6.35. The van der Waals surface area contributed by atoms with Crippen molar-refractivity contribution < 1.29 is 9.47 Å². The molecule has 3 rings (SSSR count). The number of halogens is 2. The summed E-state index contributed by atoms with van der Waals surface area (Å²) >= 11 is 12.4. The lowest BCUT2D eigenvalue weighted by Gasteiger charge is -2.45. The number of aromatic nitrogens is 2. The third kappa shape index (κ3) is 3.92. The Labute approximate surface area is 155 Å². The van der Waals surface area contributed by atoms with Gasteiger partial charge in [0, 0.05) is 39.9 Å². The van der Waals surface area contributed by atoms with Gasteiger partial charge in [-0.2, -0.15) is 0 Å². The lowest BCUT2D eigenvalue weighted by molar-refractivity contribution is -0.315. The third-order valence-electron chi connectivity index (χ3n) is 4.11. The Morgan fingerprint density at radius 2 is 2.12 bits per heavy atom. The van der Waals surface area contributed by atoms with E-state index >= 15 is 0 Å². The number of ether oxygens (including phenoxy) is 2. The summed E-state index contributed by atoms with van der Waals surface area (Å²) in [5.74, 6) is -1.07. The fourth-order valence-corrected chi connectivity index (χ4v) is 3.26. The number of nitrogens with zero attached hydrogens (tertiary/aromatic N) is 5. The van der Waals surface area contributed by atoms with Crippen LogP contribution in [0.3, 0.4) is 0 Å². The van der Waals surface area contributed by atoms with Crippen LogP contribution < -0.4 is 0 Å². The minimum Gasteiger partial charge on any atom is -0.344 e. The van der Waals surface area contributed by atoms with Crippen molar-refractivity contribution in [2.24, 2.45) is 10.5 Å². The first-order valence-corrected chi connectivity index (χ1v) is 8.42. The molecule has 1 aromatic carbocycles. The van der Waals surface area contributed by atoms with Gasteiger partial charge in [0.15, 0.2) is 0 Å². The molecule has 1 fully saturated rings. The van der Waals surface area contributed by atoms with E-state index in [1.807, 2.05) is 17.7 Å². The molecule has 1 aliphatic rings. The Morgan fingerprint density at radius 1 is 1.36 bits per heavy atom. The van der Waals surface area contributed by atoms with Crippen LogP contribution in [0.25, 0.3) is 10.4 Å². The third-order valence-corrected chi connectivity index (χ3v) is 4.66. The summed E-state index contributed by atoms with van der Waals surface area (Å²) in [7, 11) is 0. The molecule has 1 saturated heterocycles. The summed E-state index contributed by atoms with van der Waals surface area (Å²) in [5, 5.41) is 4.66. The van der Waals surface area contributed by atoms with Gasteiger partial charge < -0.3 is 14.0 Å². The van der Waals surface area contributed by atoms with E-state index in [0.717, 1.165) is 0 Å². The fourth-order valence-electron chi connectivity index (χ4n) is 2.71. The van der Waals surface area contributed by atoms with Crippen molar-refractivity contribution in [2.45, 2.75) is 19.3 Å². The smallest absolute Gasteiger partial charge is 0.215 e. The zero-order chi connectivity index (χ0) is 17.9. The first-order valence-electron chi connectivity index (χ1n) is 7.66. The first-order chi connectivity index (χ1) is 12.0. The van der Waals surface area contributed by atoms with E-state index in [4.69, 9.17) is 38.2 Å². The zero-order valence-corrected chi connectivity index (χ0v) is 15.1. The van der Waals surface area contributed by atoms with E-state index < -0.39 is 11.2 Å². The summed E-state index contributed by atoms with van der Waals surface area (Å²) in [6.45, 7) is 3.34. The van der Waals surface area contributed by atoms with Crippen LogP contribution in [0, 0.1) is 5.41 Å². The maximum atomic E-state index is 8.56. The molecular weight excluding hydrogens is 365 g/mol. The van der Waals surface area contributed by atoms with E-state index in [1.54, 1.807) is 30.7 Å². The molecule has 9 heteroatoms. The second kappa shape index (κ2) is 7.23. The van der Waals surface area contributed by atoms with Crippen molar-refractivity contribution in [3.8, 4) is 0 Å². The van der Waals surface area contributed by atoms with Gasteiger partial charge in [0.25, 0.3) is 0 Å². The summed E-state index contributed by atoms with van der Waals surface area (Å²) in [5.41, 5.74) is 8.86. The Morgan fingerprint density at radius 3 is 2.72 bits per heavy atom. The van der Waals surface area contributed by atoms with E-state index in [1.165, 1.54) is 0 Å². The SMILES string of the molecule is CC1(CN=[N+]=[N-])COC(Cn2ccnc2)(c2ccc(Cl)cc2Cl)OC1.